The van der Waals surface area contributed by atoms with Crippen molar-refractivity contribution in [3.8, 4) is 0 Å². The van der Waals surface area contributed by atoms with Crippen LogP contribution in [-0.4, -0.2) is 30.1 Å². The van der Waals surface area contributed by atoms with Crippen LogP contribution in [0.2, 0.25) is 0 Å². The highest BCUT2D eigenvalue weighted by molar-refractivity contribution is 5.48. The van der Waals surface area contributed by atoms with E-state index in [-0.39, 0.29) is 0 Å². The lowest BCUT2D eigenvalue weighted by Crippen LogP contribution is -2.30. The molecule has 0 spiro atoms. The maximum absolute atomic E-state index is 4.50. The minimum atomic E-state index is 0.832. The zero-order chi connectivity index (χ0) is 12.3. The normalized spacial score (nSPS) is 15.5. The van der Waals surface area contributed by atoms with Crippen LogP contribution >= 0.6 is 0 Å². The van der Waals surface area contributed by atoms with E-state index >= 15 is 0 Å². The molecule has 1 heterocycles. The van der Waals surface area contributed by atoms with Gasteiger partial charge >= 0.3 is 0 Å². The van der Waals surface area contributed by atoms with Crippen molar-refractivity contribution in [2.75, 3.05) is 30.4 Å². The predicted octanol–water partition coefficient (Wildman–Crippen LogP) is 2.45. The number of nitrogens with zero attached hydrogens (tertiary/aromatic N) is 3. The zero-order valence-corrected chi connectivity index (χ0v) is 11.0. The molecule has 1 aliphatic carbocycles. The number of rotatable bonds is 5. The Morgan fingerprint density at radius 2 is 2.18 bits per heavy atom. The van der Waals surface area contributed by atoms with Gasteiger partial charge in [-0.15, -0.1) is 0 Å². The number of aromatic nitrogens is 2. The maximum Gasteiger partial charge on any atom is 0.134 e. The largest absolute Gasteiger partial charge is 0.370 e. The predicted molar refractivity (Wildman–Crippen MR) is 71.5 cm³/mol. The molecular weight excluding hydrogens is 212 g/mol. The minimum absolute atomic E-state index is 0.832. The van der Waals surface area contributed by atoms with Crippen LogP contribution in [0.25, 0.3) is 0 Å². The number of nitrogens with one attached hydrogen (secondary N) is 1. The van der Waals surface area contributed by atoms with Gasteiger partial charge in [0.1, 0.15) is 17.5 Å². The van der Waals surface area contributed by atoms with Crippen LogP contribution < -0.4 is 10.2 Å². The van der Waals surface area contributed by atoms with E-state index in [4.69, 9.17) is 0 Å². The van der Waals surface area contributed by atoms with Crippen LogP contribution in [0, 0.1) is 12.8 Å². The lowest BCUT2D eigenvalue weighted by atomic mass is 9.85. The molecule has 0 unspecified atom stereocenters. The standard InChI is InChI=1S/C13H22N4/c1-4-14-12-8-13(16-10(2)15-12)17(3)9-11-6-5-7-11/h8,11H,4-7,9H2,1-3H3,(H,14,15,16). The first-order valence-corrected chi connectivity index (χ1v) is 6.49. The minimum Gasteiger partial charge on any atom is -0.370 e. The molecule has 0 atom stereocenters. The monoisotopic (exact) mass is 234 g/mol. The highest BCUT2D eigenvalue weighted by Crippen LogP contribution is 2.28. The summed E-state index contributed by atoms with van der Waals surface area (Å²) in [6, 6.07) is 2.04. The van der Waals surface area contributed by atoms with Gasteiger partial charge in [0.25, 0.3) is 0 Å². The molecule has 0 aliphatic heterocycles. The first-order chi connectivity index (χ1) is 8.19. The topological polar surface area (TPSA) is 41.0 Å². The Morgan fingerprint density at radius 1 is 1.41 bits per heavy atom. The number of aryl methyl sites for hydroxylation is 1. The van der Waals surface area contributed by atoms with Crippen LogP contribution in [0.15, 0.2) is 6.07 Å². The van der Waals surface area contributed by atoms with Crippen molar-refractivity contribution in [2.24, 2.45) is 5.92 Å². The molecule has 1 fully saturated rings. The van der Waals surface area contributed by atoms with Crippen LogP contribution in [0.5, 0.6) is 0 Å². The molecule has 4 nitrogen and oxygen atoms in total. The van der Waals surface area contributed by atoms with Crippen LogP contribution in [0.4, 0.5) is 11.6 Å². The summed E-state index contributed by atoms with van der Waals surface area (Å²) in [6.45, 7) is 6.03. The van der Waals surface area contributed by atoms with E-state index in [1.54, 1.807) is 0 Å². The first kappa shape index (κ1) is 12.1. The van der Waals surface area contributed by atoms with Gasteiger partial charge in [-0.2, -0.15) is 0 Å². The molecule has 94 valence electrons. The molecule has 2 rings (SSSR count). The molecule has 0 radical (unpaired) electrons. The van der Waals surface area contributed by atoms with Gasteiger partial charge in [0, 0.05) is 26.2 Å². The Balaban J connectivity index is 2.06. The van der Waals surface area contributed by atoms with Crippen molar-refractivity contribution in [2.45, 2.75) is 33.1 Å². The summed E-state index contributed by atoms with van der Waals surface area (Å²) in [7, 11) is 2.12. The molecule has 0 amide bonds. The summed E-state index contributed by atoms with van der Waals surface area (Å²) >= 11 is 0. The second kappa shape index (κ2) is 5.34. The number of hydrogen-bond acceptors (Lipinski definition) is 4. The molecule has 4 heteroatoms. The average Bonchev–Trinajstić information content (AvgIpc) is 2.23. The Hall–Kier alpha value is -1.32. The van der Waals surface area contributed by atoms with Crippen molar-refractivity contribution >= 4 is 11.6 Å². The fourth-order valence-electron chi connectivity index (χ4n) is 2.18. The molecule has 1 aromatic rings. The summed E-state index contributed by atoms with van der Waals surface area (Å²) in [5, 5.41) is 3.25. The van der Waals surface area contributed by atoms with Crippen LogP contribution in [0.1, 0.15) is 32.0 Å². The smallest absolute Gasteiger partial charge is 0.134 e. The molecule has 1 aromatic heterocycles. The summed E-state index contributed by atoms with van der Waals surface area (Å²) in [6.07, 6.45) is 4.13. The third-order valence-electron chi connectivity index (χ3n) is 3.33. The lowest BCUT2D eigenvalue weighted by Gasteiger charge is -2.30. The molecule has 1 N–H and O–H groups in total. The van der Waals surface area contributed by atoms with Crippen molar-refractivity contribution in [3.05, 3.63) is 11.9 Å². The van der Waals surface area contributed by atoms with Crippen LogP contribution in [-0.2, 0) is 0 Å². The maximum atomic E-state index is 4.50. The van der Waals surface area contributed by atoms with E-state index in [0.29, 0.717) is 0 Å². The molecule has 0 bridgehead atoms. The average molecular weight is 234 g/mol. The van der Waals surface area contributed by atoms with E-state index in [9.17, 15) is 0 Å². The molecular formula is C13H22N4. The van der Waals surface area contributed by atoms with E-state index in [1.165, 1.54) is 19.3 Å². The third-order valence-corrected chi connectivity index (χ3v) is 3.33. The van der Waals surface area contributed by atoms with Gasteiger partial charge in [-0.1, -0.05) is 6.42 Å². The highest BCUT2D eigenvalue weighted by Gasteiger charge is 2.20. The first-order valence-electron chi connectivity index (χ1n) is 6.49. The number of hydrogen-bond donors (Lipinski definition) is 1. The van der Waals surface area contributed by atoms with Crippen molar-refractivity contribution in [1.82, 2.24) is 9.97 Å². The van der Waals surface area contributed by atoms with Gasteiger partial charge in [0.05, 0.1) is 0 Å². The SMILES string of the molecule is CCNc1cc(N(C)CC2CCC2)nc(C)n1. The Labute approximate surface area is 103 Å². The lowest BCUT2D eigenvalue weighted by molar-refractivity contribution is 0.321. The quantitative estimate of drug-likeness (QED) is 0.849. The summed E-state index contributed by atoms with van der Waals surface area (Å²) in [5.41, 5.74) is 0. The summed E-state index contributed by atoms with van der Waals surface area (Å²) in [4.78, 5) is 11.1. The van der Waals surface area contributed by atoms with Crippen molar-refractivity contribution in [1.29, 1.82) is 0 Å². The molecule has 17 heavy (non-hydrogen) atoms. The third kappa shape index (κ3) is 3.08. The Morgan fingerprint density at radius 3 is 2.76 bits per heavy atom. The van der Waals surface area contributed by atoms with Crippen molar-refractivity contribution in [3.63, 3.8) is 0 Å². The van der Waals surface area contributed by atoms with Gasteiger partial charge in [0.2, 0.25) is 0 Å². The summed E-state index contributed by atoms with van der Waals surface area (Å²) in [5.74, 6) is 3.65. The van der Waals surface area contributed by atoms with Gasteiger partial charge in [-0.25, -0.2) is 9.97 Å². The second-order valence-electron chi connectivity index (χ2n) is 4.87. The Bertz CT molecular complexity index is 374. The van der Waals surface area contributed by atoms with Crippen molar-refractivity contribution < 1.29 is 0 Å². The number of anilines is 2. The fraction of sp³-hybridized carbons (Fsp3) is 0.692. The van der Waals surface area contributed by atoms with E-state index in [2.05, 4.69) is 34.2 Å². The molecule has 1 saturated carbocycles. The van der Waals surface area contributed by atoms with E-state index in [0.717, 1.165) is 36.5 Å². The van der Waals surface area contributed by atoms with Gasteiger partial charge in [0.15, 0.2) is 0 Å². The summed E-state index contributed by atoms with van der Waals surface area (Å²) < 4.78 is 0. The molecule has 0 saturated heterocycles. The molecule has 0 aromatic carbocycles. The van der Waals surface area contributed by atoms with Gasteiger partial charge in [-0.05, 0) is 32.6 Å². The second-order valence-corrected chi connectivity index (χ2v) is 4.87. The van der Waals surface area contributed by atoms with E-state index in [1.807, 2.05) is 13.0 Å². The van der Waals surface area contributed by atoms with Gasteiger partial charge < -0.3 is 10.2 Å². The fourth-order valence-corrected chi connectivity index (χ4v) is 2.18. The van der Waals surface area contributed by atoms with Crippen LogP contribution in [0.3, 0.4) is 0 Å². The van der Waals surface area contributed by atoms with E-state index < -0.39 is 0 Å². The zero-order valence-electron chi connectivity index (χ0n) is 11.0. The highest BCUT2D eigenvalue weighted by atomic mass is 15.2. The van der Waals surface area contributed by atoms with Gasteiger partial charge in [-0.3, -0.25) is 0 Å². The Kier molecular flexibility index (Phi) is 3.82. The molecule has 1 aliphatic rings.